The number of carbonyl (C=O) groups is 2. The monoisotopic (exact) mass is 261 g/mol. The fraction of sp³-hybridized carbons (Fsp3) is 0.429. The summed E-state index contributed by atoms with van der Waals surface area (Å²) in [5, 5.41) is 2.68. The lowest BCUT2D eigenvalue weighted by atomic mass is 10.0. The van der Waals surface area contributed by atoms with Crippen molar-refractivity contribution < 1.29 is 19.1 Å². The lowest BCUT2D eigenvalue weighted by Gasteiger charge is -2.15. The van der Waals surface area contributed by atoms with Crippen LogP contribution >= 0.6 is 0 Å². The largest absolute Gasteiger partial charge is 0.461 e. The fourth-order valence-corrected chi connectivity index (χ4v) is 2.70. The molecular formula is C14H15NO4. The van der Waals surface area contributed by atoms with Crippen molar-refractivity contribution in [3.63, 3.8) is 0 Å². The van der Waals surface area contributed by atoms with Crippen molar-refractivity contribution in [2.24, 2.45) is 5.92 Å². The molecule has 1 saturated heterocycles. The van der Waals surface area contributed by atoms with Crippen LogP contribution < -0.4 is 5.32 Å². The Bertz CT molecular complexity index is 487. The first-order chi connectivity index (χ1) is 9.24. The molecule has 2 aliphatic rings. The van der Waals surface area contributed by atoms with Crippen LogP contribution in [0.2, 0.25) is 0 Å². The SMILES string of the molecule is O=C1N[C@H]2C(C(=O)OCc3ccccc3)CC[C@H]2O1. The molecule has 1 aliphatic carbocycles. The average Bonchev–Trinajstić information content (AvgIpc) is 2.96. The Hall–Kier alpha value is -2.04. The second-order valence-electron chi connectivity index (χ2n) is 4.89. The highest BCUT2D eigenvalue weighted by atomic mass is 16.6. The molecule has 0 radical (unpaired) electrons. The minimum atomic E-state index is -0.435. The van der Waals surface area contributed by atoms with Gasteiger partial charge in [-0.05, 0) is 18.4 Å². The summed E-state index contributed by atoms with van der Waals surface area (Å²) in [6.45, 7) is 0.266. The molecule has 0 spiro atoms. The van der Waals surface area contributed by atoms with Crippen LogP contribution in [0, 0.1) is 5.92 Å². The van der Waals surface area contributed by atoms with E-state index in [0.717, 1.165) is 5.56 Å². The van der Waals surface area contributed by atoms with E-state index in [9.17, 15) is 9.59 Å². The van der Waals surface area contributed by atoms with E-state index in [4.69, 9.17) is 9.47 Å². The van der Waals surface area contributed by atoms with Gasteiger partial charge < -0.3 is 14.8 Å². The molecular weight excluding hydrogens is 246 g/mol. The number of hydrogen-bond donors (Lipinski definition) is 1. The van der Waals surface area contributed by atoms with Gasteiger partial charge >= 0.3 is 12.1 Å². The van der Waals surface area contributed by atoms with Crippen LogP contribution in [0.25, 0.3) is 0 Å². The highest BCUT2D eigenvalue weighted by Gasteiger charge is 2.48. The summed E-state index contributed by atoms with van der Waals surface area (Å²) in [5.74, 6) is -0.553. The van der Waals surface area contributed by atoms with E-state index < -0.39 is 6.09 Å². The maximum absolute atomic E-state index is 12.0. The number of rotatable bonds is 3. The van der Waals surface area contributed by atoms with E-state index in [2.05, 4.69) is 5.32 Å². The topological polar surface area (TPSA) is 64.6 Å². The van der Waals surface area contributed by atoms with E-state index in [0.29, 0.717) is 12.8 Å². The van der Waals surface area contributed by atoms with Crippen molar-refractivity contribution in [2.45, 2.75) is 31.6 Å². The highest BCUT2D eigenvalue weighted by molar-refractivity contribution is 5.77. The van der Waals surface area contributed by atoms with E-state index in [1.807, 2.05) is 30.3 Å². The molecule has 3 atom stereocenters. The maximum Gasteiger partial charge on any atom is 0.407 e. The first-order valence-corrected chi connectivity index (χ1v) is 6.42. The van der Waals surface area contributed by atoms with Gasteiger partial charge in [-0.25, -0.2) is 4.79 Å². The summed E-state index contributed by atoms with van der Waals surface area (Å²) in [4.78, 5) is 23.2. The molecule has 2 fully saturated rings. The van der Waals surface area contributed by atoms with Crippen LogP contribution in [-0.2, 0) is 20.9 Å². The zero-order chi connectivity index (χ0) is 13.2. The second-order valence-corrected chi connectivity index (χ2v) is 4.89. The van der Waals surface area contributed by atoms with Crippen LogP contribution in [0.3, 0.4) is 0 Å². The summed E-state index contributed by atoms with van der Waals surface area (Å²) in [6, 6.07) is 9.31. The van der Waals surface area contributed by atoms with E-state index in [1.165, 1.54) is 0 Å². The second kappa shape index (κ2) is 4.91. The third-order valence-corrected chi connectivity index (χ3v) is 3.67. The van der Waals surface area contributed by atoms with E-state index >= 15 is 0 Å². The van der Waals surface area contributed by atoms with Crippen LogP contribution in [-0.4, -0.2) is 24.2 Å². The standard InChI is InChI=1S/C14H15NO4/c16-13(18-8-9-4-2-1-3-5-9)10-6-7-11-12(10)15-14(17)19-11/h1-5,10-12H,6-8H2,(H,15,17)/t10?,11-,12+/m1/s1. The average molecular weight is 261 g/mol. The molecule has 0 aromatic heterocycles. The van der Waals surface area contributed by atoms with Crippen molar-refractivity contribution in [1.82, 2.24) is 5.32 Å². The van der Waals surface area contributed by atoms with Gasteiger partial charge in [-0.2, -0.15) is 0 Å². The zero-order valence-electron chi connectivity index (χ0n) is 10.4. The summed E-state index contributed by atoms with van der Waals surface area (Å²) in [7, 11) is 0. The Morgan fingerprint density at radius 2 is 2.11 bits per heavy atom. The third kappa shape index (κ3) is 2.41. The number of ether oxygens (including phenoxy) is 2. The molecule has 1 aromatic carbocycles. The molecule has 100 valence electrons. The molecule has 5 nitrogen and oxygen atoms in total. The number of hydrogen-bond acceptors (Lipinski definition) is 4. The van der Waals surface area contributed by atoms with Crippen molar-refractivity contribution in [3.05, 3.63) is 35.9 Å². The highest BCUT2D eigenvalue weighted by Crippen LogP contribution is 2.33. The molecule has 0 bridgehead atoms. The molecule has 5 heteroatoms. The first kappa shape index (κ1) is 12.0. The molecule has 1 saturated carbocycles. The van der Waals surface area contributed by atoms with Crippen LogP contribution in [0.1, 0.15) is 18.4 Å². The molecule has 1 heterocycles. The Morgan fingerprint density at radius 1 is 1.32 bits per heavy atom. The zero-order valence-corrected chi connectivity index (χ0v) is 10.4. The minimum Gasteiger partial charge on any atom is -0.461 e. The number of nitrogens with one attached hydrogen (secondary N) is 1. The lowest BCUT2D eigenvalue weighted by molar-refractivity contribution is -0.150. The quantitative estimate of drug-likeness (QED) is 0.840. The van der Waals surface area contributed by atoms with Gasteiger partial charge in [0.1, 0.15) is 12.7 Å². The third-order valence-electron chi connectivity index (χ3n) is 3.67. The Labute approximate surface area is 110 Å². The molecule has 1 unspecified atom stereocenters. The van der Waals surface area contributed by atoms with Crippen LogP contribution in [0.15, 0.2) is 30.3 Å². The summed E-state index contributed by atoms with van der Waals surface area (Å²) in [6.07, 6.45) is 0.801. The summed E-state index contributed by atoms with van der Waals surface area (Å²) < 4.78 is 10.4. The van der Waals surface area contributed by atoms with Crippen LogP contribution in [0.5, 0.6) is 0 Å². The van der Waals surface area contributed by atoms with Crippen molar-refractivity contribution in [1.29, 1.82) is 0 Å². The van der Waals surface area contributed by atoms with Gasteiger partial charge in [-0.1, -0.05) is 30.3 Å². The normalized spacial score (nSPS) is 28.4. The lowest BCUT2D eigenvalue weighted by Crippen LogP contribution is -2.38. The van der Waals surface area contributed by atoms with Gasteiger partial charge in [0.15, 0.2) is 0 Å². The van der Waals surface area contributed by atoms with Gasteiger partial charge in [-0.15, -0.1) is 0 Å². The number of carbonyl (C=O) groups excluding carboxylic acids is 2. The van der Waals surface area contributed by atoms with Gasteiger partial charge in [0.05, 0.1) is 12.0 Å². The predicted molar refractivity (Wildman–Crippen MR) is 66.2 cm³/mol. The van der Waals surface area contributed by atoms with E-state index in [-0.39, 0.29) is 30.6 Å². The Kier molecular flexibility index (Phi) is 3.11. The molecule has 1 N–H and O–H groups in total. The minimum absolute atomic E-state index is 0.179. The van der Waals surface area contributed by atoms with Gasteiger partial charge in [0.25, 0.3) is 0 Å². The fourth-order valence-electron chi connectivity index (χ4n) is 2.70. The number of amides is 1. The summed E-state index contributed by atoms with van der Waals surface area (Å²) in [5.41, 5.74) is 0.956. The van der Waals surface area contributed by atoms with E-state index in [1.54, 1.807) is 0 Å². The predicted octanol–water partition coefficient (Wildman–Crippen LogP) is 1.62. The number of benzene rings is 1. The van der Waals surface area contributed by atoms with Gasteiger partial charge in [0, 0.05) is 0 Å². The smallest absolute Gasteiger partial charge is 0.407 e. The first-order valence-electron chi connectivity index (χ1n) is 6.42. The molecule has 1 amide bonds. The summed E-state index contributed by atoms with van der Waals surface area (Å²) >= 11 is 0. The molecule has 3 rings (SSSR count). The number of fused-ring (bicyclic) bond motifs is 1. The van der Waals surface area contributed by atoms with Crippen LogP contribution in [0.4, 0.5) is 4.79 Å². The van der Waals surface area contributed by atoms with Gasteiger partial charge in [0.2, 0.25) is 0 Å². The van der Waals surface area contributed by atoms with Gasteiger partial charge in [-0.3, -0.25) is 4.79 Å². The maximum atomic E-state index is 12.0. The number of alkyl carbamates (subject to hydrolysis) is 1. The molecule has 1 aromatic rings. The molecule has 19 heavy (non-hydrogen) atoms. The number of esters is 1. The Morgan fingerprint density at radius 3 is 2.89 bits per heavy atom. The molecule has 1 aliphatic heterocycles. The Balaban J connectivity index is 1.58. The van der Waals surface area contributed by atoms with Crippen molar-refractivity contribution >= 4 is 12.1 Å². The van der Waals surface area contributed by atoms with Crippen molar-refractivity contribution in [2.75, 3.05) is 0 Å². The van der Waals surface area contributed by atoms with Crippen molar-refractivity contribution in [3.8, 4) is 0 Å².